The molecule has 8 heteroatoms. The first-order chi connectivity index (χ1) is 12.6. The summed E-state index contributed by atoms with van der Waals surface area (Å²) in [6.07, 6.45) is 4.46. The molecule has 1 aromatic carbocycles. The van der Waals surface area contributed by atoms with Gasteiger partial charge in [-0.05, 0) is 41.3 Å². The molecule has 132 valence electrons. The second kappa shape index (κ2) is 7.47. The van der Waals surface area contributed by atoms with Gasteiger partial charge in [0.15, 0.2) is 5.78 Å². The van der Waals surface area contributed by atoms with Crippen molar-refractivity contribution in [2.45, 2.75) is 6.54 Å². The Labute approximate surface area is 148 Å². The number of hydrogen-bond donors (Lipinski definition) is 0. The van der Waals surface area contributed by atoms with Crippen LogP contribution in [0.25, 0.3) is 6.08 Å². The van der Waals surface area contributed by atoms with E-state index < -0.39 is 4.92 Å². The lowest BCUT2D eigenvalue weighted by Gasteiger charge is -2.03. The van der Waals surface area contributed by atoms with E-state index in [9.17, 15) is 14.9 Å². The van der Waals surface area contributed by atoms with Crippen molar-refractivity contribution in [3.05, 3.63) is 81.9 Å². The number of carbonyl (C=O) groups is 1. The molecule has 0 aliphatic rings. The number of allylic oxidation sites excluding steroid dienone is 1. The minimum Gasteiger partial charge on any atom is -0.496 e. The summed E-state index contributed by atoms with van der Waals surface area (Å²) in [5.74, 6) is 1.13. The number of carbonyl (C=O) groups excluding carboxylic acids is 1. The van der Waals surface area contributed by atoms with Crippen LogP contribution in [0.4, 0.5) is 5.82 Å². The van der Waals surface area contributed by atoms with Crippen LogP contribution in [-0.4, -0.2) is 27.6 Å². The molecule has 0 saturated heterocycles. The second-order valence-corrected chi connectivity index (χ2v) is 5.33. The van der Waals surface area contributed by atoms with Gasteiger partial charge in [-0.1, -0.05) is 12.1 Å². The van der Waals surface area contributed by atoms with Crippen molar-refractivity contribution in [1.82, 2.24) is 9.78 Å². The first-order valence-electron chi connectivity index (χ1n) is 7.69. The summed E-state index contributed by atoms with van der Waals surface area (Å²) in [5, 5.41) is 14.5. The van der Waals surface area contributed by atoms with Gasteiger partial charge in [0.2, 0.25) is 0 Å². The Bertz CT molecular complexity index is 971. The quantitative estimate of drug-likeness (QED) is 0.279. The molecule has 3 rings (SSSR count). The van der Waals surface area contributed by atoms with Crippen LogP contribution < -0.4 is 4.74 Å². The lowest BCUT2D eigenvalue weighted by atomic mass is 10.1. The zero-order valence-corrected chi connectivity index (χ0v) is 13.9. The normalized spacial score (nSPS) is 11.0. The van der Waals surface area contributed by atoms with E-state index in [-0.39, 0.29) is 18.1 Å². The highest BCUT2D eigenvalue weighted by atomic mass is 16.6. The molecule has 0 radical (unpaired) electrons. The molecule has 0 bridgehead atoms. The highest BCUT2D eigenvalue weighted by Crippen LogP contribution is 2.19. The molecule has 0 spiro atoms. The van der Waals surface area contributed by atoms with Gasteiger partial charge >= 0.3 is 5.82 Å². The standard InChI is InChI=1S/C18H15N3O5/c1-25-17-5-3-2-4-15(17)16(22)9-8-13-6-7-14(26-13)12-20-11-10-18(19-20)21(23)24/h2-11H,12H2,1H3/b9-8+. The van der Waals surface area contributed by atoms with Gasteiger partial charge < -0.3 is 19.3 Å². The van der Waals surface area contributed by atoms with Crippen molar-refractivity contribution in [1.29, 1.82) is 0 Å². The number of rotatable bonds is 7. The number of methoxy groups -OCH3 is 1. The Kier molecular flexibility index (Phi) is 4.93. The van der Waals surface area contributed by atoms with Gasteiger partial charge in [-0.15, -0.1) is 0 Å². The number of nitro groups is 1. The zero-order chi connectivity index (χ0) is 18.5. The Balaban J connectivity index is 1.68. The summed E-state index contributed by atoms with van der Waals surface area (Å²) in [6, 6.07) is 11.7. The Morgan fingerprint density at radius 1 is 1.31 bits per heavy atom. The van der Waals surface area contributed by atoms with Crippen LogP contribution in [0.15, 0.2) is 59.2 Å². The molecular weight excluding hydrogens is 338 g/mol. The molecule has 0 aliphatic heterocycles. The third kappa shape index (κ3) is 3.86. The average Bonchev–Trinajstić information content (AvgIpc) is 3.29. The van der Waals surface area contributed by atoms with Gasteiger partial charge in [0.25, 0.3) is 0 Å². The highest BCUT2D eigenvalue weighted by molar-refractivity contribution is 6.08. The van der Waals surface area contributed by atoms with Crippen molar-refractivity contribution in [2.75, 3.05) is 7.11 Å². The number of hydrogen-bond acceptors (Lipinski definition) is 6. The lowest BCUT2D eigenvalue weighted by molar-refractivity contribution is -0.389. The van der Waals surface area contributed by atoms with Crippen LogP contribution in [0.3, 0.4) is 0 Å². The van der Waals surface area contributed by atoms with E-state index in [2.05, 4.69) is 5.10 Å². The van der Waals surface area contributed by atoms with Gasteiger partial charge in [-0.2, -0.15) is 4.68 Å². The van der Waals surface area contributed by atoms with Crippen LogP contribution in [0.5, 0.6) is 5.75 Å². The lowest BCUT2D eigenvalue weighted by Crippen LogP contribution is -2.00. The molecule has 26 heavy (non-hydrogen) atoms. The summed E-state index contributed by atoms with van der Waals surface area (Å²) >= 11 is 0. The predicted octanol–water partition coefficient (Wildman–Crippen LogP) is 3.34. The molecule has 0 fully saturated rings. The number of para-hydroxylation sites is 1. The Morgan fingerprint density at radius 3 is 2.85 bits per heavy atom. The van der Waals surface area contributed by atoms with Crippen LogP contribution in [-0.2, 0) is 6.54 Å². The summed E-state index contributed by atoms with van der Waals surface area (Å²) in [5.41, 5.74) is 0.460. The fraction of sp³-hybridized carbons (Fsp3) is 0.111. The molecule has 0 atom stereocenters. The molecule has 0 saturated carbocycles. The molecule has 3 aromatic rings. The molecular formula is C18H15N3O5. The topological polar surface area (TPSA) is 100 Å². The maximum atomic E-state index is 12.3. The fourth-order valence-corrected chi connectivity index (χ4v) is 2.36. The van der Waals surface area contributed by atoms with Gasteiger partial charge in [0.05, 0.1) is 30.0 Å². The van der Waals surface area contributed by atoms with Gasteiger partial charge in [0.1, 0.15) is 23.8 Å². The maximum Gasteiger partial charge on any atom is 0.389 e. The summed E-state index contributed by atoms with van der Waals surface area (Å²) in [4.78, 5) is 22.4. The predicted molar refractivity (Wildman–Crippen MR) is 93.0 cm³/mol. The third-order valence-electron chi connectivity index (χ3n) is 3.59. The molecule has 8 nitrogen and oxygen atoms in total. The van der Waals surface area contributed by atoms with Gasteiger partial charge in [-0.25, -0.2) is 0 Å². The fourth-order valence-electron chi connectivity index (χ4n) is 2.36. The molecule has 0 amide bonds. The minimum atomic E-state index is -0.559. The van der Waals surface area contributed by atoms with Crippen LogP contribution in [0.1, 0.15) is 21.9 Å². The van der Waals surface area contributed by atoms with Crippen molar-refractivity contribution in [3.63, 3.8) is 0 Å². The van der Waals surface area contributed by atoms with E-state index in [1.165, 1.54) is 30.1 Å². The Morgan fingerprint density at radius 2 is 2.12 bits per heavy atom. The highest BCUT2D eigenvalue weighted by Gasteiger charge is 2.12. The van der Waals surface area contributed by atoms with Crippen LogP contribution in [0, 0.1) is 10.1 Å². The number of ketones is 1. The molecule has 0 unspecified atom stereocenters. The van der Waals surface area contributed by atoms with Gasteiger partial charge in [-0.3, -0.25) is 4.79 Å². The maximum absolute atomic E-state index is 12.3. The second-order valence-electron chi connectivity index (χ2n) is 5.33. The largest absolute Gasteiger partial charge is 0.496 e. The first kappa shape index (κ1) is 17.2. The van der Waals surface area contributed by atoms with E-state index >= 15 is 0 Å². The first-order valence-corrected chi connectivity index (χ1v) is 7.69. The van der Waals surface area contributed by atoms with Crippen molar-refractivity contribution < 1.29 is 18.9 Å². The van der Waals surface area contributed by atoms with E-state index in [1.54, 1.807) is 42.5 Å². The van der Waals surface area contributed by atoms with E-state index in [0.717, 1.165) is 0 Å². The summed E-state index contributed by atoms with van der Waals surface area (Å²) < 4.78 is 12.2. The van der Waals surface area contributed by atoms with Crippen LogP contribution in [0.2, 0.25) is 0 Å². The van der Waals surface area contributed by atoms with E-state index in [4.69, 9.17) is 9.15 Å². The zero-order valence-electron chi connectivity index (χ0n) is 13.9. The average molecular weight is 353 g/mol. The number of ether oxygens (including phenoxy) is 1. The van der Waals surface area contributed by atoms with Crippen LogP contribution >= 0.6 is 0 Å². The number of nitrogens with zero attached hydrogens (tertiary/aromatic N) is 3. The van der Waals surface area contributed by atoms with Gasteiger partial charge in [0, 0.05) is 0 Å². The Hall–Kier alpha value is -3.68. The molecule has 0 aliphatic carbocycles. The minimum absolute atomic E-state index is 0.205. The summed E-state index contributed by atoms with van der Waals surface area (Å²) in [6.45, 7) is 0.252. The SMILES string of the molecule is COc1ccccc1C(=O)/C=C/c1ccc(Cn2ccc([N+](=O)[O-])n2)o1. The number of furan rings is 1. The summed E-state index contributed by atoms with van der Waals surface area (Å²) in [7, 11) is 1.51. The smallest absolute Gasteiger partial charge is 0.389 e. The van der Waals surface area contributed by atoms with E-state index in [1.807, 2.05) is 0 Å². The number of benzene rings is 1. The van der Waals surface area contributed by atoms with E-state index in [0.29, 0.717) is 22.8 Å². The third-order valence-corrected chi connectivity index (χ3v) is 3.59. The van der Waals surface area contributed by atoms with Crippen molar-refractivity contribution in [3.8, 4) is 5.75 Å². The molecule has 2 heterocycles. The van der Waals surface area contributed by atoms with Crippen molar-refractivity contribution in [2.24, 2.45) is 0 Å². The monoisotopic (exact) mass is 353 g/mol. The number of aromatic nitrogens is 2. The molecule has 2 aromatic heterocycles. The van der Waals surface area contributed by atoms with Crippen molar-refractivity contribution >= 4 is 17.7 Å². The molecule has 0 N–H and O–H groups in total.